The minimum Gasteiger partial charge on any atom is -0.399 e. The third-order valence-electron chi connectivity index (χ3n) is 2.42. The highest BCUT2D eigenvalue weighted by atomic mass is 19.1. The van der Waals surface area contributed by atoms with Gasteiger partial charge in [-0.25, -0.2) is 9.37 Å². The van der Waals surface area contributed by atoms with E-state index in [0.29, 0.717) is 22.9 Å². The van der Waals surface area contributed by atoms with Crippen LogP contribution in [0.4, 0.5) is 10.1 Å². The number of benzene rings is 1. The molecule has 6 heteroatoms. The van der Waals surface area contributed by atoms with Crippen LogP contribution < -0.4 is 5.73 Å². The molecule has 0 radical (unpaired) electrons. The number of fused-ring (bicyclic) bond motifs is 1. The van der Waals surface area contributed by atoms with Crippen molar-refractivity contribution < 1.29 is 4.39 Å². The smallest absolute Gasteiger partial charge is 0.255 e. The Bertz CT molecular complexity index is 691. The number of rotatable bonds is 1. The average Bonchev–Trinajstić information content (AvgIpc) is 2.76. The maximum absolute atomic E-state index is 13.7. The Morgan fingerprint density at radius 1 is 1.24 bits per heavy atom. The molecule has 17 heavy (non-hydrogen) atoms. The number of aromatic nitrogens is 4. The molecule has 0 aliphatic carbocycles. The number of nitrogen functional groups attached to an aromatic ring is 1. The zero-order valence-corrected chi connectivity index (χ0v) is 8.71. The van der Waals surface area contributed by atoms with Crippen LogP contribution in [0.1, 0.15) is 0 Å². The van der Waals surface area contributed by atoms with Crippen molar-refractivity contribution in [3.8, 4) is 11.4 Å². The lowest BCUT2D eigenvalue weighted by molar-refractivity contribution is 0.630. The van der Waals surface area contributed by atoms with E-state index in [9.17, 15) is 4.39 Å². The summed E-state index contributed by atoms with van der Waals surface area (Å²) in [6, 6.07) is 6.06. The summed E-state index contributed by atoms with van der Waals surface area (Å²) in [7, 11) is 0. The van der Waals surface area contributed by atoms with Crippen LogP contribution in [0.15, 0.2) is 36.7 Å². The van der Waals surface area contributed by atoms with Crippen LogP contribution in [0.5, 0.6) is 0 Å². The Hall–Kier alpha value is -2.50. The lowest BCUT2D eigenvalue weighted by Crippen LogP contribution is -1.94. The van der Waals surface area contributed by atoms with Crippen molar-refractivity contribution in [1.82, 2.24) is 19.6 Å². The Kier molecular flexibility index (Phi) is 2.01. The number of hydrogen-bond donors (Lipinski definition) is 1. The molecule has 0 saturated carbocycles. The van der Waals surface area contributed by atoms with E-state index < -0.39 is 5.82 Å². The fourth-order valence-corrected chi connectivity index (χ4v) is 1.64. The van der Waals surface area contributed by atoms with Crippen molar-refractivity contribution >= 4 is 11.5 Å². The summed E-state index contributed by atoms with van der Waals surface area (Å²) < 4.78 is 15.3. The topological polar surface area (TPSA) is 69.1 Å². The van der Waals surface area contributed by atoms with E-state index in [4.69, 9.17) is 5.73 Å². The monoisotopic (exact) mass is 229 g/mol. The summed E-state index contributed by atoms with van der Waals surface area (Å²) in [6.07, 6.45) is 3.32. The van der Waals surface area contributed by atoms with Gasteiger partial charge in [0.25, 0.3) is 5.78 Å². The van der Waals surface area contributed by atoms with E-state index in [2.05, 4.69) is 15.2 Å². The molecule has 0 atom stereocenters. The van der Waals surface area contributed by atoms with Crippen LogP contribution in [0.2, 0.25) is 0 Å². The molecule has 0 aliphatic heterocycles. The Morgan fingerprint density at radius 3 is 3.00 bits per heavy atom. The van der Waals surface area contributed by atoms with Gasteiger partial charge < -0.3 is 5.73 Å². The fourth-order valence-electron chi connectivity index (χ4n) is 1.64. The number of nitrogens with two attached hydrogens (primary N) is 1. The molecular weight excluding hydrogens is 221 g/mol. The van der Waals surface area contributed by atoms with Gasteiger partial charge in [0.1, 0.15) is 5.82 Å². The van der Waals surface area contributed by atoms with Crippen molar-refractivity contribution in [2.45, 2.75) is 0 Å². The van der Waals surface area contributed by atoms with Crippen LogP contribution in [0.25, 0.3) is 17.2 Å². The summed E-state index contributed by atoms with van der Waals surface area (Å²) in [5.74, 6) is 0.416. The molecule has 84 valence electrons. The van der Waals surface area contributed by atoms with Crippen molar-refractivity contribution in [2.24, 2.45) is 0 Å². The maximum atomic E-state index is 13.7. The first kappa shape index (κ1) is 9.71. The van der Waals surface area contributed by atoms with Crippen LogP contribution >= 0.6 is 0 Å². The second-order valence-corrected chi connectivity index (χ2v) is 3.55. The normalized spacial score (nSPS) is 10.9. The summed E-state index contributed by atoms with van der Waals surface area (Å²) in [5, 5.41) is 7.78. The second-order valence-electron chi connectivity index (χ2n) is 3.55. The highest BCUT2D eigenvalue weighted by Crippen LogP contribution is 2.23. The molecule has 0 aliphatic rings. The fraction of sp³-hybridized carbons (Fsp3) is 0. The van der Waals surface area contributed by atoms with Crippen molar-refractivity contribution in [2.75, 3.05) is 5.73 Å². The molecule has 0 fully saturated rings. The second kappa shape index (κ2) is 3.51. The molecule has 2 N–H and O–H groups in total. The van der Waals surface area contributed by atoms with Crippen molar-refractivity contribution in [1.29, 1.82) is 0 Å². The highest BCUT2D eigenvalue weighted by Gasteiger charge is 2.12. The summed E-state index contributed by atoms with van der Waals surface area (Å²) in [5.41, 5.74) is 6.42. The Morgan fingerprint density at radius 2 is 2.12 bits per heavy atom. The molecule has 0 bridgehead atoms. The van der Waals surface area contributed by atoms with Crippen LogP contribution in [0, 0.1) is 5.82 Å². The van der Waals surface area contributed by atoms with Crippen molar-refractivity contribution in [3.05, 3.63) is 42.5 Å². The lowest BCUT2D eigenvalue weighted by atomic mass is 10.2. The van der Waals surface area contributed by atoms with Crippen LogP contribution in [0.3, 0.4) is 0 Å². The summed E-state index contributed by atoms with van der Waals surface area (Å²) in [6.45, 7) is 0. The molecule has 0 unspecified atom stereocenters. The number of halogens is 1. The van der Waals surface area contributed by atoms with Gasteiger partial charge in [-0.05, 0) is 24.3 Å². The highest BCUT2D eigenvalue weighted by molar-refractivity contribution is 5.63. The van der Waals surface area contributed by atoms with Gasteiger partial charge in [0.05, 0.1) is 5.56 Å². The summed E-state index contributed by atoms with van der Waals surface area (Å²) in [4.78, 5) is 4.02. The largest absolute Gasteiger partial charge is 0.399 e. The van der Waals surface area contributed by atoms with Gasteiger partial charge in [0.2, 0.25) is 0 Å². The molecule has 0 spiro atoms. The van der Waals surface area contributed by atoms with E-state index in [1.54, 1.807) is 22.9 Å². The first-order chi connectivity index (χ1) is 8.25. The Labute approximate surface area is 95.7 Å². The minimum absolute atomic E-state index is 0.311. The standard InChI is InChI=1S/C11H8FN5/c12-9-3-2-7(13)6-8(9)10-15-16-11-14-4-1-5-17(10)11/h1-6H,13H2. The average molecular weight is 229 g/mol. The predicted molar refractivity (Wildman–Crippen MR) is 60.6 cm³/mol. The first-order valence-corrected chi connectivity index (χ1v) is 4.97. The maximum Gasteiger partial charge on any atom is 0.255 e. The van der Waals surface area contributed by atoms with Crippen LogP contribution in [-0.4, -0.2) is 19.6 Å². The molecule has 3 rings (SSSR count). The van der Waals surface area contributed by atoms with Gasteiger partial charge in [-0.2, -0.15) is 0 Å². The van der Waals surface area contributed by atoms with E-state index in [0.717, 1.165) is 0 Å². The van der Waals surface area contributed by atoms with E-state index in [1.807, 2.05) is 0 Å². The molecule has 3 aromatic rings. The number of nitrogens with zero attached hydrogens (tertiary/aromatic N) is 4. The van der Waals surface area contributed by atoms with Crippen molar-refractivity contribution in [3.63, 3.8) is 0 Å². The quantitative estimate of drug-likeness (QED) is 0.642. The molecule has 5 nitrogen and oxygen atoms in total. The SMILES string of the molecule is Nc1ccc(F)c(-c2nnc3ncccn23)c1. The summed E-state index contributed by atoms with van der Waals surface area (Å²) >= 11 is 0. The van der Waals surface area contributed by atoms with Gasteiger partial charge in [-0.15, -0.1) is 10.2 Å². The molecule has 2 aromatic heterocycles. The molecule has 0 saturated heterocycles. The van der Waals surface area contributed by atoms with E-state index >= 15 is 0 Å². The predicted octanol–water partition coefficient (Wildman–Crippen LogP) is 1.51. The number of anilines is 1. The van der Waals surface area contributed by atoms with Gasteiger partial charge in [-0.1, -0.05) is 0 Å². The Balaban J connectivity index is 2.31. The number of hydrogen-bond acceptors (Lipinski definition) is 4. The van der Waals surface area contributed by atoms with E-state index in [-0.39, 0.29) is 0 Å². The first-order valence-electron chi connectivity index (χ1n) is 4.97. The van der Waals surface area contributed by atoms with Gasteiger partial charge in [0, 0.05) is 18.1 Å². The third-order valence-corrected chi connectivity index (χ3v) is 2.42. The van der Waals surface area contributed by atoms with Gasteiger partial charge in [-0.3, -0.25) is 4.40 Å². The molecule has 1 aromatic carbocycles. The van der Waals surface area contributed by atoms with Crippen LogP contribution in [-0.2, 0) is 0 Å². The van der Waals surface area contributed by atoms with Gasteiger partial charge in [0.15, 0.2) is 5.82 Å². The molecular formula is C11H8FN5. The minimum atomic E-state index is -0.391. The zero-order valence-electron chi connectivity index (χ0n) is 8.71. The zero-order chi connectivity index (χ0) is 11.8. The van der Waals surface area contributed by atoms with E-state index in [1.165, 1.54) is 18.2 Å². The lowest BCUT2D eigenvalue weighted by Gasteiger charge is -2.02. The third kappa shape index (κ3) is 1.50. The molecule has 2 heterocycles. The van der Waals surface area contributed by atoms with Gasteiger partial charge >= 0.3 is 0 Å². The molecule has 0 amide bonds.